The molecule has 0 atom stereocenters. The molecule has 0 aliphatic heterocycles. The molecule has 0 radical (unpaired) electrons. The lowest BCUT2D eigenvalue weighted by Gasteiger charge is -2.37. The molecule has 0 saturated heterocycles. The second-order valence-corrected chi connectivity index (χ2v) is 11.9. The van der Waals surface area contributed by atoms with Crippen molar-refractivity contribution in [2.75, 3.05) is 39.6 Å². The molecule has 6 nitrogen and oxygen atoms in total. The second kappa shape index (κ2) is 16.0. The summed E-state index contributed by atoms with van der Waals surface area (Å²) in [6, 6.07) is 0. The zero-order valence-electron chi connectivity index (χ0n) is 18.8. The maximum atomic E-state index is 5.94. The summed E-state index contributed by atoms with van der Waals surface area (Å²) in [5.41, 5.74) is 0.529. The van der Waals surface area contributed by atoms with Gasteiger partial charge in [-0.2, -0.15) is 0 Å². The summed E-state index contributed by atoms with van der Waals surface area (Å²) in [6.45, 7) is 17.9. The van der Waals surface area contributed by atoms with Gasteiger partial charge in [-0.3, -0.25) is 0 Å². The highest BCUT2D eigenvalue weighted by molar-refractivity contribution is 6.62. The van der Waals surface area contributed by atoms with Gasteiger partial charge in [0, 0.05) is 51.7 Å². The smallest absolute Gasteiger partial charge is 0.374 e. The van der Waals surface area contributed by atoms with Crippen LogP contribution < -0.4 is 0 Å². The predicted molar refractivity (Wildman–Crippen MR) is 114 cm³/mol. The lowest BCUT2D eigenvalue weighted by Crippen LogP contribution is -2.51. The van der Waals surface area contributed by atoms with E-state index in [1.165, 1.54) is 32.1 Å². The van der Waals surface area contributed by atoms with Gasteiger partial charge in [0.1, 0.15) is 0 Å². The molecule has 0 unspecified atom stereocenters. The van der Waals surface area contributed by atoms with Gasteiger partial charge in [0.05, 0.1) is 0 Å². The van der Waals surface area contributed by atoms with Crippen molar-refractivity contribution < 1.29 is 26.6 Å². The van der Waals surface area contributed by atoms with Crippen LogP contribution in [0.2, 0.25) is 12.1 Å². The predicted octanol–water partition coefficient (Wildman–Crippen LogP) is 5.03. The van der Waals surface area contributed by atoms with Gasteiger partial charge in [-0.05, 0) is 54.4 Å². The SMILES string of the molecule is CCO[Si](C)(OCC)OCC.CCO[Si](OCC)(OCC)C1CCCCC1. The van der Waals surface area contributed by atoms with Gasteiger partial charge in [-0.15, -0.1) is 0 Å². The van der Waals surface area contributed by atoms with Crippen LogP contribution >= 0.6 is 0 Å². The van der Waals surface area contributed by atoms with Crippen molar-refractivity contribution in [3.05, 3.63) is 0 Å². The minimum atomic E-state index is -2.39. The van der Waals surface area contributed by atoms with Crippen LogP contribution in [0, 0.1) is 0 Å². The van der Waals surface area contributed by atoms with Crippen molar-refractivity contribution in [1.29, 1.82) is 0 Å². The fourth-order valence-electron chi connectivity index (χ4n) is 3.45. The number of hydrogen-bond donors (Lipinski definition) is 0. The molecule has 1 aliphatic carbocycles. The molecule has 1 aliphatic rings. The van der Waals surface area contributed by atoms with E-state index in [9.17, 15) is 0 Å². The van der Waals surface area contributed by atoms with Crippen molar-refractivity contribution >= 4 is 17.6 Å². The Labute approximate surface area is 169 Å². The minimum Gasteiger partial charge on any atom is -0.374 e. The van der Waals surface area contributed by atoms with E-state index in [1.54, 1.807) is 0 Å². The monoisotopic (exact) mass is 424 g/mol. The molecule has 0 aromatic carbocycles. The standard InChI is InChI=1S/C12H26O3Si.C7H18O3Si/c1-4-13-16(14-5-2,15-6-3)12-10-8-7-9-11-12;1-5-8-11(4,9-6-2)10-7-3/h12H,4-11H2,1-3H3;5-7H2,1-4H3. The van der Waals surface area contributed by atoms with Gasteiger partial charge in [0.2, 0.25) is 0 Å². The molecule has 0 amide bonds. The highest BCUT2D eigenvalue weighted by atomic mass is 28.4. The topological polar surface area (TPSA) is 55.4 Å². The molecule has 0 spiro atoms. The zero-order valence-corrected chi connectivity index (χ0v) is 20.8. The first-order valence-corrected chi connectivity index (χ1v) is 14.8. The molecule has 1 saturated carbocycles. The lowest BCUT2D eigenvalue weighted by atomic mass is 10.0. The molecule has 0 aromatic rings. The van der Waals surface area contributed by atoms with E-state index in [0.29, 0.717) is 45.2 Å². The van der Waals surface area contributed by atoms with Crippen LogP contribution in [0.25, 0.3) is 0 Å². The van der Waals surface area contributed by atoms with Crippen LogP contribution in [0.5, 0.6) is 0 Å². The Morgan fingerprint density at radius 1 is 0.556 bits per heavy atom. The molecule has 1 rings (SSSR count). The van der Waals surface area contributed by atoms with Crippen molar-refractivity contribution in [2.45, 2.75) is 85.7 Å². The molecule has 0 aromatic heterocycles. The Morgan fingerprint density at radius 3 is 1.19 bits per heavy atom. The number of hydrogen-bond acceptors (Lipinski definition) is 6. The molecule has 8 heteroatoms. The average molecular weight is 425 g/mol. The second-order valence-electron chi connectivity index (χ2n) is 6.40. The van der Waals surface area contributed by atoms with Crippen LogP contribution in [0.1, 0.15) is 73.6 Å². The Bertz CT molecular complexity index is 306. The third-order valence-electron chi connectivity index (χ3n) is 4.36. The third kappa shape index (κ3) is 10.5. The van der Waals surface area contributed by atoms with E-state index in [0.717, 1.165) is 0 Å². The summed E-state index contributed by atoms with van der Waals surface area (Å²) in [5.74, 6) is 0. The maximum Gasteiger partial charge on any atom is 0.504 e. The molecular weight excluding hydrogens is 380 g/mol. The first kappa shape index (κ1) is 27.2. The van der Waals surface area contributed by atoms with Crippen LogP contribution in [-0.4, -0.2) is 57.3 Å². The lowest BCUT2D eigenvalue weighted by molar-refractivity contribution is 0.0561. The van der Waals surface area contributed by atoms with Crippen molar-refractivity contribution in [3.8, 4) is 0 Å². The Hall–Kier alpha value is 0.194. The first-order chi connectivity index (χ1) is 13.0. The summed E-state index contributed by atoms with van der Waals surface area (Å²) in [5, 5.41) is 0. The summed E-state index contributed by atoms with van der Waals surface area (Å²) in [6.07, 6.45) is 6.38. The first-order valence-electron chi connectivity index (χ1n) is 10.8. The van der Waals surface area contributed by atoms with Gasteiger partial charge in [-0.25, -0.2) is 0 Å². The molecule has 27 heavy (non-hydrogen) atoms. The van der Waals surface area contributed by atoms with Gasteiger partial charge in [-0.1, -0.05) is 19.3 Å². The van der Waals surface area contributed by atoms with Crippen molar-refractivity contribution in [3.63, 3.8) is 0 Å². The van der Waals surface area contributed by atoms with Gasteiger partial charge >= 0.3 is 17.6 Å². The van der Waals surface area contributed by atoms with E-state index in [4.69, 9.17) is 26.6 Å². The highest BCUT2D eigenvalue weighted by Crippen LogP contribution is 2.38. The minimum absolute atomic E-state index is 0.529. The molecule has 164 valence electrons. The molecule has 1 fully saturated rings. The summed E-state index contributed by atoms with van der Waals surface area (Å²) >= 11 is 0. The maximum absolute atomic E-state index is 5.94. The fraction of sp³-hybridized carbons (Fsp3) is 1.00. The number of rotatable bonds is 13. The normalized spacial score (nSPS) is 16.1. The quantitative estimate of drug-likeness (QED) is 0.386. The molecular formula is C19H44O6Si2. The Balaban J connectivity index is 0.000000541. The summed E-state index contributed by atoms with van der Waals surface area (Å²) in [7, 11) is -4.64. The van der Waals surface area contributed by atoms with Gasteiger partial charge in [0.15, 0.2) is 0 Å². The van der Waals surface area contributed by atoms with Gasteiger partial charge in [0.25, 0.3) is 0 Å². The Morgan fingerprint density at radius 2 is 0.889 bits per heavy atom. The van der Waals surface area contributed by atoms with Crippen molar-refractivity contribution in [2.24, 2.45) is 0 Å². The molecule has 0 N–H and O–H groups in total. The van der Waals surface area contributed by atoms with Crippen LogP contribution in [0.3, 0.4) is 0 Å². The van der Waals surface area contributed by atoms with Crippen LogP contribution in [0.15, 0.2) is 0 Å². The zero-order chi connectivity index (χ0) is 20.6. The molecule has 0 bridgehead atoms. The van der Waals surface area contributed by atoms with E-state index >= 15 is 0 Å². The average Bonchev–Trinajstić information content (AvgIpc) is 2.64. The summed E-state index contributed by atoms with van der Waals surface area (Å²) in [4.78, 5) is 0. The van der Waals surface area contributed by atoms with Gasteiger partial charge < -0.3 is 26.6 Å². The van der Waals surface area contributed by atoms with E-state index in [2.05, 4.69) is 0 Å². The van der Waals surface area contributed by atoms with E-state index in [-0.39, 0.29) is 0 Å². The fourth-order valence-corrected chi connectivity index (χ4v) is 8.55. The van der Waals surface area contributed by atoms with E-state index in [1.807, 2.05) is 48.1 Å². The third-order valence-corrected chi connectivity index (χ3v) is 10.5. The van der Waals surface area contributed by atoms with Crippen LogP contribution in [0.4, 0.5) is 0 Å². The molecule has 0 heterocycles. The summed E-state index contributed by atoms with van der Waals surface area (Å²) < 4.78 is 34.0. The van der Waals surface area contributed by atoms with Crippen molar-refractivity contribution in [1.82, 2.24) is 0 Å². The van der Waals surface area contributed by atoms with Crippen LogP contribution in [-0.2, 0) is 26.6 Å². The Kier molecular flexibility index (Phi) is 16.2. The highest BCUT2D eigenvalue weighted by Gasteiger charge is 2.48. The van der Waals surface area contributed by atoms with E-state index < -0.39 is 17.6 Å². The largest absolute Gasteiger partial charge is 0.504 e.